The largest absolute Gasteiger partial charge is 0.464 e. The molecule has 1 aliphatic rings. The highest BCUT2D eigenvalue weighted by molar-refractivity contribution is 5.80. The second kappa shape index (κ2) is 4.75. The second-order valence-electron chi connectivity index (χ2n) is 4.10. The zero-order valence-electron chi connectivity index (χ0n) is 9.08. The molecule has 1 heterocycles. The number of piperidine rings is 1. The van der Waals surface area contributed by atoms with Gasteiger partial charge in [0.15, 0.2) is 0 Å². The third-order valence-electron chi connectivity index (χ3n) is 2.72. The smallest absolute Gasteiger partial charge is 0.326 e. The van der Waals surface area contributed by atoms with E-state index in [1.165, 1.54) is 0 Å². The Balaban J connectivity index is 2.44. The molecule has 0 aliphatic carbocycles. The predicted molar refractivity (Wildman–Crippen MR) is 54.9 cm³/mol. The van der Waals surface area contributed by atoms with Gasteiger partial charge in [0.25, 0.3) is 0 Å². The lowest BCUT2D eigenvalue weighted by molar-refractivity contribution is -0.152. The van der Waals surface area contributed by atoms with Crippen molar-refractivity contribution in [2.75, 3.05) is 26.7 Å². The summed E-state index contributed by atoms with van der Waals surface area (Å²) in [6, 6.07) is 0. The Kier molecular flexibility index (Phi) is 3.89. The van der Waals surface area contributed by atoms with Crippen LogP contribution in [0, 0.1) is 0 Å². The van der Waals surface area contributed by atoms with Gasteiger partial charge in [0.1, 0.15) is 5.54 Å². The first-order valence-corrected chi connectivity index (χ1v) is 5.23. The quantitative estimate of drug-likeness (QED) is 0.668. The minimum atomic E-state index is -0.734. The van der Waals surface area contributed by atoms with Gasteiger partial charge >= 0.3 is 5.97 Å². The normalized spacial score (nSPS) is 21.9. The maximum atomic E-state index is 11.6. The van der Waals surface area contributed by atoms with E-state index >= 15 is 0 Å². The number of ether oxygens (including phenoxy) is 1. The lowest BCUT2D eigenvalue weighted by Crippen LogP contribution is -2.55. The number of nitrogens with two attached hydrogens (primary N) is 1. The summed E-state index contributed by atoms with van der Waals surface area (Å²) >= 11 is 0. The Labute approximate surface area is 85.4 Å². The number of rotatable bonds is 3. The average Bonchev–Trinajstić information content (AvgIpc) is 2.19. The highest BCUT2D eigenvalue weighted by Crippen LogP contribution is 2.20. The van der Waals surface area contributed by atoms with Gasteiger partial charge in [-0.25, -0.2) is 0 Å². The Hall–Kier alpha value is -0.610. The van der Waals surface area contributed by atoms with Gasteiger partial charge in [-0.05, 0) is 26.3 Å². The van der Waals surface area contributed by atoms with Crippen LogP contribution in [0.3, 0.4) is 0 Å². The fourth-order valence-electron chi connectivity index (χ4n) is 1.56. The van der Waals surface area contributed by atoms with Gasteiger partial charge in [-0.15, -0.1) is 0 Å². The van der Waals surface area contributed by atoms with Crippen LogP contribution >= 0.6 is 0 Å². The van der Waals surface area contributed by atoms with E-state index in [0.29, 0.717) is 19.4 Å². The van der Waals surface area contributed by atoms with Crippen molar-refractivity contribution >= 4 is 5.97 Å². The van der Waals surface area contributed by atoms with E-state index in [9.17, 15) is 4.79 Å². The van der Waals surface area contributed by atoms with Crippen LogP contribution in [0.4, 0.5) is 0 Å². The second-order valence-corrected chi connectivity index (χ2v) is 4.10. The maximum absolute atomic E-state index is 11.6. The van der Waals surface area contributed by atoms with Crippen molar-refractivity contribution in [2.24, 2.45) is 5.73 Å². The first-order chi connectivity index (χ1) is 6.58. The third kappa shape index (κ3) is 2.69. The van der Waals surface area contributed by atoms with Gasteiger partial charge < -0.3 is 15.4 Å². The zero-order chi connectivity index (χ0) is 10.6. The molecule has 2 N–H and O–H groups in total. The number of carbonyl (C=O) groups excluding carboxylic acids is 1. The summed E-state index contributed by atoms with van der Waals surface area (Å²) in [5.74, 6) is -0.229. The van der Waals surface area contributed by atoms with Crippen molar-refractivity contribution in [3.05, 3.63) is 0 Å². The van der Waals surface area contributed by atoms with E-state index in [-0.39, 0.29) is 5.97 Å². The van der Waals surface area contributed by atoms with Crippen LogP contribution < -0.4 is 5.73 Å². The standard InChI is InChI=1S/C10H20N2O2/c1-3-8-14-9(13)10(11)4-6-12(2)7-5-10/h3-8,11H2,1-2H3. The summed E-state index contributed by atoms with van der Waals surface area (Å²) in [7, 11) is 2.04. The van der Waals surface area contributed by atoms with Gasteiger partial charge in [0.05, 0.1) is 6.61 Å². The monoisotopic (exact) mass is 200 g/mol. The van der Waals surface area contributed by atoms with Crippen molar-refractivity contribution in [2.45, 2.75) is 31.7 Å². The van der Waals surface area contributed by atoms with E-state index in [1.54, 1.807) is 0 Å². The molecule has 0 bridgehead atoms. The summed E-state index contributed by atoms with van der Waals surface area (Å²) in [6.45, 7) is 4.20. The average molecular weight is 200 g/mol. The van der Waals surface area contributed by atoms with Crippen LogP contribution in [0.2, 0.25) is 0 Å². The van der Waals surface area contributed by atoms with E-state index in [4.69, 9.17) is 10.5 Å². The summed E-state index contributed by atoms with van der Waals surface area (Å²) in [4.78, 5) is 13.8. The zero-order valence-corrected chi connectivity index (χ0v) is 9.08. The fraction of sp³-hybridized carbons (Fsp3) is 0.900. The first kappa shape index (κ1) is 11.5. The van der Waals surface area contributed by atoms with Crippen LogP contribution in [0.1, 0.15) is 26.2 Å². The summed E-state index contributed by atoms with van der Waals surface area (Å²) in [5, 5.41) is 0. The van der Waals surface area contributed by atoms with Gasteiger partial charge in [-0.3, -0.25) is 4.79 Å². The van der Waals surface area contributed by atoms with Gasteiger partial charge in [-0.1, -0.05) is 6.92 Å². The molecule has 0 aromatic heterocycles. The number of hydrogen-bond donors (Lipinski definition) is 1. The summed E-state index contributed by atoms with van der Waals surface area (Å²) < 4.78 is 5.09. The van der Waals surface area contributed by atoms with Crippen LogP contribution in [0.5, 0.6) is 0 Å². The summed E-state index contributed by atoms with van der Waals surface area (Å²) in [5.41, 5.74) is 5.27. The lowest BCUT2D eigenvalue weighted by Gasteiger charge is -2.35. The molecule has 1 saturated heterocycles. The maximum Gasteiger partial charge on any atom is 0.326 e. The first-order valence-electron chi connectivity index (χ1n) is 5.23. The van der Waals surface area contributed by atoms with E-state index < -0.39 is 5.54 Å². The summed E-state index contributed by atoms with van der Waals surface area (Å²) in [6.07, 6.45) is 2.25. The number of likely N-dealkylation sites (tertiary alicyclic amines) is 1. The van der Waals surface area contributed by atoms with Crippen molar-refractivity contribution in [1.82, 2.24) is 4.90 Å². The van der Waals surface area contributed by atoms with E-state index in [0.717, 1.165) is 19.5 Å². The van der Waals surface area contributed by atoms with Crippen molar-refractivity contribution in [3.8, 4) is 0 Å². The molecule has 0 aromatic carbocycles. The Morgan fingerprint density at radius 3 is 2.57 bits per heavy atom. The topological polar surface area (TPSA) is 55.6 Å². The number of hydrogen-bond acceptors (Lipinski definition) is 4. The Morgan fingerprint density at radius 1 is 1.50 bits per heavy atom. The fourth-order valence-corrected chi connectivity index (χ4v) is 1.56. The van der Waals surface area contributed by atoms with Crippen LogP contribution in [-0.4, -0.2) is 43.2 Å². The van der Waals surface area contributed by atoms with E-state index in [1.807, 2.05) is 14.0 Å². The number of carbonyl (C=O) groups is 1. The molecule has 0 aromatic rings. The minimum Gasteiger partial charge on any atom is -0.464 e. The molecule has 14 heavy (non-hydrogen) atoms. The van der Waals surface area contributed by atoms with Crippen LogP contribution in [0.25, 0.3) is 0 Å². The molecule has 0 amide bonds. The molecule has 0 atom stereocenters. The molecule has 0 saturated carbocycles. The molecular weight excluding hydrogens is 180 g/mol. The van der Waals surface area contributed by atoms with Crippen molar-refractivity contribution in [1.29, 1.82) is 0 Å². The molecular formula is C10H20N2O2. The third-order valence-corrected chi connectivity index (χ3v) is 2.72. The molecule has 0 radical (unpaired) electrons. The molecule has 1 aliphatic heterocycles. The van der Waals surface area contributed by atoms with Crippen molar-refractivity contribution < 1.29 is 9.53 Å². The molecule has 4 heteroatoms. The van der Waals surface area contributed by atoms with E-state index in [2.05, 4.69) is 4.90 Å². The lowest BCUT2D eigenvalue weighted by atomic mass is 9.89. The molecule has 82 valence electrons. The van der Waals surface area contributed by atoms with Gasteiger partial charge in [0.2, 0.25) is 0 Å². The molecule has 1 fully saturated rings. The minimum absolute atomic E-state index is 0.229. The van der Waals surface area contributed by atoms with Crippen LogP contribution in [0.15, 0.2) is 0 Å². The SMILES string of the molecule is CCCOC(=O)C1(N)CCN(C)CC1. The number of nitrogens with zero attached hydrogens (tertiary/aromatic N) is 1. The molecule has 4 nitrogen and oxygen atoms in total. The molecule has 0 unspecified atom stereocenters. The van der Waals surface area contributed by atoms with Gasteiger partial charge in [0, 0.05) is 13.1 Å². The van der Waals surface area contributed by atoms with Crippen molar-refractivity contribution in [3.63, 3.8) is 0 Å². The molecule has 0 spiro atoms. The Bertz CT molecular complexity index is 198. The number of esters is 1. The highest BCUT2D eigenvalue weighted by Gasteiger charge is 2.38. The van der Waals surface area contributed by atoms with Gasteiger partial charge in [-0.2, -0.15) is 0 Å². The van der Waals surface area contributed by atoms with Crippen LogP contribution in [-0.2, 0) is 9.53 Å². The molecule has 1 rings (SSSR count). The Morgan fingerprint density at radius 2 is 2.07 bits per heavy atom. The predicted octanol–water partition coefficient (Wildman–Crippen LogP) is 0.363. The highest BCUT2D eigenvalue weighted by atomic mass is 16.5.